The number of carbonyl (C=O) groups excluding carboxylic acids is 2. The number of ether oxygens (including phenoxy) is 2. The van der Waals surface area contributed by atoms with Crippen molar-refractivity contribution in [2.24, 2.45) is 0 Å². The van der Waals surface area contributed by atoms with Gasteiger partial charge in [0.15, 0.2) is 0 Å². The highest BCUT2D eigenvalue weighted by molar-refractivity contribution is 6.06. The number of aryl methyl sites for hydroxylation is 2. The number of aromatic nitrogens is 5. The number of carboxylic acid groups (broad SMARTS) is 1. The largest absolute Gasteiger partial charge is 0.506 e. The first-order valence-corrected chi connectivity index (χ1v) is 18.7. The summed E-state index contributed by atoms with van der Waals surface area (Å²) in [6.45, 7) is 5.06. The molecule has 0 aliphatic rings. The maximum absolute atomic E-state index is 13.1. The van der Waals surface area contributed by atoms with Crippen molar-refractivity contribution in [1.29, 1.82) is 0 Å². The molecule has 0 spiro atoms. The molecular weight excluding hydrogens is 722 g/mol. The quantitative estimate of drug-likeness (QED) is 0.0257. The predicted molar refractivity (Wildman–Crippen MR) is 208 cm³/mol. The molecule has 1 amide bonds. The molecular formula is C40H49N7O9. The molecule has 0 bridgehead atoms. The molecule has 0 saturated carbocycles. The van der Waals surface area contributed by atoms with Crippen molar-refractivity contribution >= 4 is 34.3 Å². The van der Waals surface area contributed by atoms with Crippen molar-refractivity contribution in [1.82, 2.24) is 30.5 Å². The fourth-order valence-electron chi connectivity index (χ4n) is 5.92. The molecule has 16 heteroatoms. The zero-order valence-corrected chi connectivity index (χ0v) is 32.0. The van der Waals surface area contributed by atoms with Crippen LogP contribution in [-0.4, -0.2) is 64.7 Å². The normalized spacial score (nSPS) is 10.8. The fourth-order valence-corrected chi connectivity index (χ4v) is 5.92. The summed E-state index contributed by atoms with van der Waals surface area (Å²) in [5.41, 5.74) is 2.24. The van der Waals surface area contributed by atoms with Crippen molar-refractivity contribution in [3.63, 3.8) is 0 Å². The Bertz CT molecular complexity index is 2060. The molecule has 3 aromatic carbocycles. The van der Waals surface area contributed by atoms with Gasteiger partial charge in [0.2, 0.25) is 5.88 Å². The highest BCUT2D eigenvalue weighted by Gasteiger charge is 2.25. The molecule has 5 aromatic rings. The molecule has 0 unspecified atom stereocenters. The Labute approximate surface area is 324 Å². The van der Waals surface area contributed by atoms with Crippen LogP contribution in [-0.2, 0) is 27.4 Å². The maximum Gasteiger partial charge on any atom is 0.305 e. The number of unbranched alkanes of at least 4 members (excludes halogenated alkanes) is 8. The number of rotatable bonds is 20. The van der Waals surface area contributed by atoms with E-state index in [-0.39, 0.29) is 48.2 Å². The molecule has 0 aliphatic heterocycles. The molecule has 4 N–H and O–H groups in total. The van der Waals surface area contributed by atoms with Crippen LogP contribution in [0, 0.1) is 17.0 Å². The van der Waals surface area contributed by atoms with Gasteiger partial charge >= 0.3 is 11.9 Å². The summed E-state index contributed by atoms with van der Waals surface area (Å²) in [6, 6.07) is 13.9. The lowest BCUT2D eigenvalue weighted by atomic mass is 10.0. The van der Waals surface area contributed by atoms with Crippen LogP contribution in [0.15, 0.2) is 60.8 Å². The minimum Gasteiger partial charge on any atom is -0.506 e. The summed E-state index contributed by atoms with van der Waals surface area (Å²) < 4.78 is 13.5. The number of H-pyrrole nitrogens is 1. The number of amides is 1. The molecule has 2 aromatic heterocycles. The topological polar surface area (TPSA) is 225 Å². The average Bonchev–Trinajstić information content (AvgIpc) is 3.80. The van der Waals surface area contributed by atoms with E-state index in [0.717, 1.165) is 31.4 Å². The maximum atomic E-state index is 13.1. The minimum absolute atomic E-state index is 0.110. The summed E-state index contributed by atoms with van der Waals surface area (Å²) in [4.78, 5) is 47.0. The van der Waals surface area contributed by atoms with Crippen molar-refractivity contribution in [3.8, 4) is 23.1 Å². The lowest BCUT2D eigenvalue weighted by Crippen LogP contribution is -2.26. The second-order valence-corrected chi connectivity index (χ2v) is 13.2. The van der Waals surface area contributed by atoms with Crippen LogP contribution in [0.2, 0.25) is 0 Å². The molecule has 0 radical (unpaired) electrons. The summed E-state index contributed by atoms with van der Waals surface area (Å²) >= 11 is 0. The number of esters is 1. The molecule has 0 atom stereocenters. The molecule has 0 aliphatic carbocycles. The van der Waals surface area contributed by atoms with Gasteiger partial charge in [0, 0.05) is 36.4 Å². The predicted octanol–water partition coefficient (Wildman–Crippen LogP) is 7.89. The van der Waals surface area contributed by atoms with E-state index in [4.69, 9.17) is 19.7 Å². The van der Waals surface area contributed by atoms with Crippen molar-refractivity contribution in [2.75, 3.05) is 6.54 Å². The molecule has 2 heterocycles. The van der Waals surface area contributed by atoms with Gasteiger partial charge in [-0.2, -0.15) is 20.5 Å². The summed E-state index contributed by atoms with van der Waals surface area (Å²) in [5, 5.41) is 49.3. The van der Waals surface area contributed by atoms with Gasteiger partial charge in [-0.25, -0.2) is 4.68 Å². The number of aromatic hydroxyl groups is 1. The van der Waals surface area contributed by atoms with Crippen LogP contribution in [0.1, 0.15) is 105 Å². The number of nitrogens with one attached hydrogen (secondary N) is 2. The lowest BCUT2D eigenvalue weighted by molar-refractivity contribution is -0.384. The van der Waals surface area contributed by atoms with Crippen LogP contribution >= 0.6 is 0 Å². The Morgan fingerprint density at radius 3 is 2.20 bits per heavy atom. The van der Waals surface area contributed by atoms with Crippen LogP contribution in [0.3, 0.4) is 0 Å². The third-order valence-corrected chi connectivity index (χ3v) is 8.85. The summed E-state index contributed by atoms with van der Waals surface area (Å²) in [6.07, 6.45) is 12.1. The molecule has 298 valence electrons. The second-order valence-electron chi connectivity index (χ2n) is 13.2. The number of aromatic amines is 1. The first kappa shape index (κ1) is 42.4. The van der Waals surface area contributed by atoms with Gasteiger partial charge in [0.1, 0.15) is 18.1 Å². The van der Waals surface area contributed by atoms with Gasteiger partial charge in [-0.05, 0) is 38.0 Å². The average molecular weight is 772 g/mol. The SMILES string of the molecule is CCCCCCCCCCCc1nn(-c2ccc([N+](=O)[O-])cc2)c(Oc2cc(C(=O)NCCC(=O)O)c(O)c3ccccc23)c1COC(C)=O.Cc1cn[nH]n1. The van der Waals surface area contributed by atoms with Crippen molar-refractivity contribution in [3.05, 3.63) is 93.4 Å². The van der Waals surface area contributed by atoms with E-state index < -0.39 is 22.8 Å². The molecule has 5 rings (SSSR count). The summed E-state index contributed by atoms with van der Waals surface area (Å²) in [5.74, 6) is -2.27. The van der Waals surface area contributed by atoms with Crippen molar-refractivity contribution in [2.45, 2.75) is 98.0 Å². The number of phenolic OH excluding ortho intramolecular Hbond substituents is 1. The van der Waals surface area contributed by atoms with E-state index in [1.165, 1.54) is 74.0 Å². The smallest absolute Gasteiger partial charge is 0.305 e. The second kappa shape index (κ2) is 21.5. The first-order chi connectivity index (χ1) is 27.0. The van der Waals surface area contributed by atoms with Gasteiger partial charge in [-0.15, -0.1) is 0 Å². The van der Waals surface area contributed by atoms with Gasteiger partial charge in [0.05, 0.1) is 45.7 Å². The van der Waals surface area contributed by atoms with Gasteiger partial charge in [-0.1, -0.05) is 82.6 Å². The number of phenols is 1. The Kier molecular flexibility index (Phi) is 16.3. The Morgan fingerprint density at radius 2 is 1.62 bits per heavy atom. The Morgan fingerprint density at radius 1 is 0.964 bits per heavy atom. The summed E-state index contributed by atoms with van der Waals surface area (Å²) in [7, 11) is 0. The number of nitrogens with zero attached hydrogens (tertiary/aromatic N) is 5. The third-order valence-electron chi connectivity index (χ3n) is 8.85. The van der Waals surface area contributed by atoms with E-state index in [1.807, 2.05) is 6.92 Å². The minimum atomic E-state index is -1.09. The van der Waals surface area contributed by atoms with Gasteiger partial charge in [-0.3, -0.25) is 24.5 Å². The van der Waals surface area contributed by atoms with E-state index in [9.17, 15) is 29.6 Å². The van der Waals surface area contributed by atoms with Gasteiger partial charge in [0.25, 0.3) is 11.6 Å². The number of nitro benzene ring substituents is 1. The van der Waals surface area contributed by atoms with Crippen molar-refractivity contribution < 1.29 is 39.0 Å². The highest BCUT2D eigenvalue weighted by Crippen LogP contribution is 2.40. The number of nitro groups is 1. The number of aliphatic carboxylic acids is 1. The van der Waals surface area contributed by atoms with Gasteiger partial charge < -0.3 is 25.0 Å². The number of hydrogen-bond donors (Lipinski definition) is 4. The Hall–Kier alpha value is -6.32. The van der Waals surface area contributed by atoms with Crippen LogP contribution in [0.25, 0.3) is 16.5 Å². The third kappa shape index (κ3) is 12.4. The molecule has 16 nitrogen and oxygen atoms in total. The monoisotopic (exact) mass is 771 g/mol. The van der Waals surface area contributed by atoms with Crippen LogP contribution < -0.4 is 10.1 Å². The zero-order chi connectivity index (χ0) is 40.5. The van der Waals surface area contributed by atoms with E-state index >= 15 is 0 Å². The number of benzene rings is 3. The fraction of sp³-hybridized carbons (Fsp3) is 0.400. The standard InChI is InChI=1S/C37H44N4O9.C3H5N3/c1-3-4-5-6-7-8-9-10-11-16-32-31(24-49-25(2)42)37(40(39-32)26-17-19-27(20-18-26)41(47)48)50-33-23-30(36(46)38-22-21-34(43)44)35(45)29-15-13-12-14-28(29)33;1-3-2-4-6-5-3/h12-15,17-20,23,45H,3-11,16,21-22,24H2,1-2H3,(H,38,46)(H,43,44);2H,1H3,(H,4,5,6). The molecule has 0 fully saturated rings. The van der Waals surface area contributed by atoms with Crippen LogP contribution in [0.5, 0.6) is 17.4 Å². The van der Waals surface area contributed by atoms with E-state index in [2.05, 4.69) is 27.7 Å². The highest BCUT2D eigenvalue weighted by atomic mass is 16.6. The Balaban J connectivity index is 0.00000106. The van der Waals surface area contributed by atoms with E-state index in [0.29, 0.717) is 34.1 Å². The molecule has 0 saturated heterocycles. The lowest BCUT2D eigenvalue weighted by Gasteiger charge is -2.16. The molecule has 56 heavy (non-hydrogen) atoms. The first-order valence-electron chi connectivity index (χ1n) is 18.7. The number of non-ortho nitro benzene ring substituents is 1. The zero-order valence-electron chi connectivity index (χ0n) is 32.0. The number of hydrogen-bond acceptors (Lipinski definition) is 11. The number of fused-ring (bicyclic) bond motifs is 1. The van der Waals surface area contributed by atoms with Crippen LogP contribution in [0.4, 0.5) is 5.69 Å². The number of carboxylic acids is 1. The number of carbonyl (C=O) groups is 3. The van der Waals surface area contributed by atoms with E-state index in [1.54, 1.807) is 30.5 Å².